The summed E-state index contributed by atoms with van der Waals surface area (Å²) >= 11 is 0. The molecule has 0 aliphatic carbocycles. The summed E-state index contributed by atoms with van der Waals surface area (Å²) in [6, 6.07) is 10.6. The van der Waals surface area contributed by atoms with Crippen LogP contribution in [-0.2, 0) is 6.54 Å². The first-order chi connectivity index (χ1) is 7.18. The second-order valence-electron chi connectivity index (χ2n) is 4.97. The van der Waals surface area contributed by atoms with Gasteiger partial charge in [-0.05, 0) is 12.8 Å². The lowest BCUT2D eigenvalue weighted by Gasteiger charge is -2.39. The van der Waals surface area contributed by atoms with Crippen LogP contribution in [0, 0.1) is 0 Å². The molecule has 1 saturated heterocycles. The minimum Gasteiger partial charge on any atom is -0.387 e. The van der Waals surface area contributed by atoms with Gasteiger partial charge in [0.1, 0.15) is 19.2 Å². The number of aliphatic hydroxyl groups excluding tert-OH is 1. The smallest absolute Gasteiger partial charge is 0.105 e. The first-order valence-electron chi connectivity index (χ1n) is 5.73. The van der Waals surface area contributed by atoms with Crippen LogP contribution in [0.1, 0.15) is 18.4 Å². The van der Waals surface area contributed by atoms with E-state index in [0.717, 1.165) is 30.4 Å². The zero-order valence-electron chi connectivity index (χ0n) is 9.39. The summed E-state index contributed by atoms with van der Waals surface area (Å²) in [5.41, 5.74) is 1.37. The van der Waals surface area contributed by atoms with Gasteiger partial charge in [-0.1, -0.05) is 30.3 Å². The lowest BCUT2D eigenvalue weighted by molar-refractivity contribution is -0.930. The number of benzene rings is 1. The third-order valence-electron chi connectivity index (χ3n) is 3.29. The minimum atomic E-state index is -0.104. The third kappa shape index (κ3) is 2.80. The van der Waals surface area contributed by atoms with Crippen molar-refractivity contribution in [1.82, 2.24) is 0 Å². The molecule has 1 heterocycles. The largest absolute Gasteiger partial charge is 0.387 e. The number of likely N-dealkylation sites (N-methyl/N-ethyl adjacent to an activating group) is 1. The molecule has 0 aromatic heterocycles. The Morgan fingerprint density at radius 3 is 2.73 bits per heavy atom. The van der Waals surface area contributed by atoms with E-state index in [-0.39, 0.29) is 6.10 Å². The lowest BCUT2D eigenvalue weighted by Crippen LogP contribution is -2.52. The molecule has 0 bridgehead atoms. The van der Waals surface area contributed by atoms with Crippen molar-refractivity contribution < 1.29 is 9.59 Å². The van der Waals surface area contributed by atoms with E-state index in [1.54, 1.807) is 0 Å². The summed E-state index contributed by atoms with van der Waals surface area (Å²) in [7, 11) is 2.25. The maximum absolute atomic E-state index is 9.71. The van der Waals surface area contributed by atoms with Crippen molar-refractivity contribution in [3.63, 3.8) is 0 Å². The molecule has 1 aromatic rings. The Morgan fingerprint density at radius 1 is 1.33 bits per heavy atom. The van der Waals surface area contributed by atoms with Gasteiger partial charge >= 0.3 is 0 Å². The third-order valence-corrected chi connectivity index (χ3v) is 3.29. The zero-order chi connectivity index (χ0) is 10.7. The molecule has 0 amide bonds. The molecule has 1 fully saturated rings. The highest BCUT2D eigenvalue weighted by Gasteiger charge is 2.29. The van der Waals surface area contributed by atoms with E-state index in [9.17, 15) is 5.11 Å². The van der Waals surface area contributed by atoms with Crippen LogP contribution in [0.15, 0.2) is 30.3 Å². The van der Waals surface area contributed by atoms with Gasteiger partial charge in [-0.15, -0.1) is 0 Å². The van der Waals surface area contributed by atoms with Crippen molar-refractivity contribution in [2.45, 2.75) is 25.5 Å². The van der Waals surface area contributed by atoms with E-state index in [2.05, 4.69) is 37.4 Å². The Balaban J connectivity index is 2.04. The first-order valence-corrected chi connectivity index (χ1v) is 5.73. The molecule has 1 aromatic carbocycles. The monoisotopic (exact) mass is 206 g/mol. The number of likely N-dealkylation sites (tertiary alicyclic amines) is 1. The van der Waals surface area contributed by atoms with Crippen molar-refractivity contribution >= 4 is 0 Å². The van der Waals surface area contributed by atoms with Gasteiger partial charge in [0.05, 0.1) is 13.6 Å². The molecule has 1 aliphatic rings. The number of piperidine rings is 1. The molecule has 2 rings (SSSR count). The van der Waals surface area contributed by atoms with Crippen LogP contribution >= 0.6 is 0 Å². The molecule has 1 aliphatic heterocycles. The maximum atomic E-state index is 9.71. The fourth-order valence-electron chi connectivity index (χ4n) is 2.57. The first kappa shape index (κ1) is 10.7. The molecular weight excluding hydrogens is 186 g/mol. The molecule has 2 atom stereocenters. The van der Waals surface area contributed by atoms with E-state index in [1.807, 2.05) is 0 Å². The van der Waals surface area contributed by atoms with Crippen LogP contribution in [0.4, 0.5) is 0 Å². The number of aliphatic hydroxyl groups is 1. The molecule has 1 N–H and O–H groups in total. The van der Waals surface area contributed by atoms with E-state index in [4.69, 9.17) is 0 Å². The Labute approximate surface area is 91.7 Å². The van der Waals surface area contributed by atoms with E-state index in [0.29, 0.717) is 0 Å². The summed E-state index contributed by atoms with van der Waals surface area (Å²) in [6.07, 6.45) is 2.01. The van der Waals surface area contributed by atoms with Gasteiger partial charge in [0, 0.05) is 5.56 Å². The highest BCUT2D eigenvalue weighted by molar-refractivity contribution is 5.13. The summed E-state index contributed by atoms with van der Waals surface area (Å²) < 4.78 is 0.977. The van der Waals surface area contributed by atoms with Crippen LogP contribution in [0.5, 0.6) is 0 Å². The summed E-state index contributed by atoms with van der Waals surface area (Å²) in [4.78, 5) is 0. The topological polar surface area (TPSA) is 20.2 Å². The lowest BCUT2D eigenvalue weighted by atomic mass is 10.0. The fraction of sp³-hybridized carbons (Fsp3) is 0.538. The van der Waals surface area contributed by atoms with Gasteiger partial charge in [0.25, 0.3) is 0 Å². The number of nitrogens with zero attached hydrogens (tertiary/aromatic N) is 1. The molecule has 2 unspecified atom stereocenters. The number of hydrogen-bond acceptors (Lipinski definition) is 1. The van der Waals surface area contributed by atoms with Gasteiger partial charge in [-0.3, -0.25) is 0 Å². The molecule has 82 valence electrons. The number of quaternary nitrogens is 1. The number of hydrogen-bond donors (Lipinski definition) is 1. The zero-order valence-corrected chi connectivity index (χ0v) is 9.39. The van der Waals surface area contributed by atoms with E-state index < -0.39 is 0 Å². The number of rotatable bonds is 2. The van der Waals surface area contributed by atoms with E-state index >= 15 is 0 Å². The predicted molar refractivity (Wildman–Crippen MR) is 61.3 cm³/mol. The van der Waals surface area contributed by atoms with Crippen molar-refractivity contribution in [3.8, 4) is 0 Å². The molecule has 0 saturated carbocycles. The van der Waals surface area contributed by atoms with Gasteiger partial charge in [-0.2, -0.15) is 0 Å². The van der Waals surface area contributed by atoms with Gasteiger partial charge in [-0.25, -0.2) is 0 Å². The summed E-state index contributed by atoms with van der Waals surface area (Å²) in [5, 5.41) is 9.71. The fourth-order valence-corrected chi connectivity index (χ4v) is 2.57. The minimum absolute atomic E-state index is 0.104. The van der Waals surface area contributed by atoms with Gasteiger partial charge in [0.15, 0.2) is 0 Å². The second-order valence-corrected chi connectivity index (χ2v) is 4.97. The Bertz CT molecular complexity index is 312. The average Bonchev–Trinajstić information content (AvgIpc) is 2.18. The van der Waals surface area contributed by atoms with Crippen molar-refractivity contribution in [2.75, 3.05) is 20.1 Å². The summed E-state index contributed by atoms with van der Waals surface area (Å²) in [6.45, 7) is 3.12. The predicted octanol–water partition coefficient (Wildman–Crippen LogP) is 1.79. The quantitative estimate of drug-likeness (QED) is 0.731. The molecule has 0 radical (unpaired) electrons. The molecule has 0 spiro atoms. The molecule has 2 nitrogen and oxygen atoms in total. The Kier molecular flexibility index (Phi) is 3.08. The van der Waals surface area contributed by atoms with Crippen LogP contribution in [0.2, 0.25) is 0 Å². The highest BCUT2D eigenvalue weighted by atomic mass is 16.3. The highest BCUT2D eigenvalue weighted by Crippen LogP contribution is 2.20. The van der Waals surface area contributed by atoms with Crippen LogP contribution < -0.4 is 0 Å². The maximum Gasteiger partial charge on any atom is 0.105 e. The van der Waals surface area contributed by atoms with Gasteiger partial charge in [0.2, 0.25) is 0 Å². The van der Waals surface area contributed by atoms with Crippen LogP contribution in [0.25, 0.3) is 0 Å². The Morgan fingerprint density at radius 2 is 2.07 bits per heavy atom. The normalized spacial score (nSPS) is 31.5. The van der Waals surface area contributed by atoms with Crippen molar-refractivity contribution in [1.29, 1.82) is 0 Å². The molecular formula is C13H20NO+. The second kappa shape index (κ2) is 4.33. The average molecular weight is 206 g/mol. The molecule has 2 heteroatoms. The van der Waals surface area contributed by atoms with Crippen LogP contribution in [0.3, 0.4) is 0 Å². The van der Waals surface area contributed by atoms with Crippen LogP contribution in [-0.4, -0.2) is 35.8 Å². The molecule has 15 heavy (non-hydrogen) atoms. The van der Waals surface area contributed by atoms with Crippen molar-refractivity contribution in [2.24, 2.45) is 0 Å². The van der Waals surface area contributed by atoms with Gasteiger partial charge < -0.3 is 9.59 Å². The standard InChI is InChI=1S/C13H20NO/c1-14(9-5-8-13(15)11-14)10-12-6-3-2-4-7-12/h2-4,6-7,13,15H,5,8-11H2,1H3/q+1. The SMILES string of the molecule is C[N+]1(Cc2ccccc2)CCCC(O)C1. The summed E-state index contributed by atoms with van der Waals surface area (Å²) in [5.74, 6) is 0. The Hall–Kier alpha value is -0.860. The van der Waals surface area contributed by atoms with Crippen molar-refractivity contribution in [3.05, 3.63) is 35.9 Å². The van der Waals surface area contributed by atoms with E-state index in [1.165, 1.54) is 12.1 Å².